The zero-order valence-electron chi connectivity index (χ0n) is 11.3. The minimum absolute atomic E-state index is 0.148. The maximum absolute atomic E-state index is 12.7. The highest BCUT2D eigenvalue weighted by Gasteiger charge is 2.22. The normalized spacial score (nSPS) is 19.3. The second-order valence-corrected chi connectivity index (χ2v) is 4.98. The van der Waals surface area contributed by atoms with Crippen molar-refractivity contribution in [3.63, 3.8) is 0 Å². The van der Waals surface area contributed by atoms with Crippen molar-refractivity contribution in [1.29, 1.82) is 0 Å². The van der Waals surface area contributed by atoms with Crippen molar-refractivity contribution >= 4 is 5.91 Å². The molecule has 0 saturated carbocycles. The first-order valence-electron chi connectivity index (χ1n) is 6.84. The molecule has 4 heteroatoms. The first-order valence-corrected chi connectivity index (χ1v) is 6.84. The highest BCUT2D eigenvalue weighted by Crippen LogP contribution is 2.17. The van der Waals surface area contributed by atoms with E-state index in [1.54, 1.807) is 12.1 Å². The van der Waals surface area contributed by atoms with E-state index in [0.717, 1.165) is 19.4 Å². The number of hydrogen-bond donors (Lipinski definition) is 0. The molecule has 1 unspecified atom stereocenters. The van der Waals surface area contributed by atoms with Gasteiger partial charge in [0.1, 0.15) is 11.6 Å². The van der Waals surface area contributed by atoms with Gasteiger partial charge in [-0.3, -0.25) is 4.79 Å². The van der Waals surface area contributed by atoms with Gasteiger partial charge in [0, 0.05) is 12.6 Å². The smallest absolute Gasteiger partial charge is 0.226 e. The quantitative estimate of drug-likeness (QED) is 0.837. The van der Waals surface area contributed by atoms with Crippen molar-refractivity contribution in [3.8, 4) is 5.75 Å². The number of benzene rings is 1. The monoisotopic (exact) mass is 265 g/mol. The van der Waals surface area contributed by atoms with Gasteiger partial charge in [-0.1, -0.05) is 0 Å². The number of halogens is 1. The average Bonchev–Trinajstić information content (AvgIpc) is 2.41. The molecule has 0 aromatic heterocycles. The summed E-state index contributed by atoms with van der Waals surface area (Å²) in [6, 6.07) is 6.19. The molecular weight excluding hydrogens is 245 g/mol. The van der Waals surface area contributed by atoms with Crippen LogP contribution in [-0.2, 0) is 4.79 Å². The van der Waals surface area contributed by atoms with Crippen LogP contribution >= 0.6 is 0 Å². The van der Waals surface area contributed by atoms with E-state index in [0.29, 0.717) is 24.8 Å². The van der Waals surface area contributed by atoms with Gasteiger partial charge in [-0.25, -0.2) is 4.39 Å². The molecule has 0 bridgehead atoms. The molecule has 1 aromatic rings. The number of amides is 1. The van der Waals surface area contributed by atoms with E-state index in [4.69, 9.17) is 4.74 Å². The molecule has 1 heterocycles. The topological polar surface area (TPSA) is 29.5 Å². The second kappa shape index (κ2) is 6.55. The first kappa shape index (κ1) is 13.8. The number of likely N-dealkylation sites (tertiary alicyclic amines) is 1. The second-order valence-electron chi connectivity index (χ2n) is 4.98. The number of nitrogens with zero attached hydrogens (tertiary/aromatic N) is 1. The van der Waals surface area contributed by atoms with Crippen LogP contribution in [-0.4, -0.2) is 30.0 Å². The summed E-state index contributed by atoms with van der Waals surface area (Å²) in [5.74, 6) is 0.459. The first-order chi connectivity index (χ1) is 9.16. The molecule has 3 nitrogen and oxygen atoms in total. The summed E-state index contributed by atoms with van der Waals surface area (Å²) >= 11 is 0. The van der Waals surface area contributed by atoms with Crippen molar-refractivity contribution < 1.29 is 13.9 Å². The Kier molecular flexibility index (Phi) is 4.77. The van der Waals surface area contributed by atoms with Crippen molar-refractivity contribution in [2.24, 2.45) is 0 Å². The lowest BCUT2D eigenvalue weighted by Crippen LogP contribution is -2.42. The Morgan fingerprint density at radius 3 is 2.79 bits per heavy atom. The summed E-state index contributed by atoms with van der Waals surface area (Å²) in [5.41, 5.74) is 0. The lowest BCUT2D eigenvalue weighted by Gasteiger charge is -2.33. The molecule has 1 aliphatic heterocycles. The molecule has 104 valence electrons. The minimum atomic E-state index is -0.287. The van der Waals surface area contributed by atoms with Crippen molar-refractivity contribution in [3.05, 3.63) is 30.1 Å². The van der Waals surface area contributed by atoms with Gasteiger partial charge >= 0.3 is 0 Å². The van der Waals surface area contributed by atoms with Crippen molar-refractivity contribution in [1.82, 2.24) is 4.90 Å². The van der Waals surface area contributed by atoms with E-state index in [1.807, 2.05) is 4.90 Å². The molecule has 2 rings (SSSR count). The summed E-state index contributed by atoms with van der Waals surface area (Å²) < 4.78 is 18.2. The van der Waals surface area contributed by atoms with Gasteiger partial charge in [0.15, 0.2) is 0 Å². The number of piperidine rings is 1. The van der Waals surface area contributed by atoms with E-state index in [9.17, 15) is 9.18 Å². The van der Waals surface area contributed by atoms with Crippen LogP contribution in [0, 0.1) is 5.82 Å². The maximum atomic E-state index is 12.7. The predicted molar refractivity (Wildman–Crippen MR) is 71.5 cm³/mol. The van der Waals surface area contributed by atoms with Crippen LogP contribution in [0.4, 0.5) is 4.39 Å². The fourth-order valence-corrected chi connectivity index (χ4v) is 2.40. The third-order valence-corrected chi connectivity index (χ3v) is 3.52. The lowest BCUT2D eigenvalue weighted by molar-refractivity contribution is -0.134. The molecule has 1 amide bonds. The third kappa shape index (κ3) is 3.94. The summed E-state index contributed by atoms with van der Waals surface area (Å²) in [6.45, 7) is 3.29. The van der Waals surface area contributed by atoms with Crippen LogP contribution in [0.5, 0.6) is 5.75 Å². The van der Waals surface area contributed by atoms with Gasteiger partial charge in [0.2, 0.25) is 5.91 Å². The van der Waals surface area contributed by atoms with Crippen LogP contribution in [0.15, 0.2) is 24.3 Å². The zero-order valence-corrected chi connectivity index (χ0v) is 11.3. The summed E-state index contributed by atoms with van der Waals surface area (Å²) in [5, 5.41) is 0. The number of carbonyl (C=O) groups excluding carboxylic acids is 1. The minimum Gasteiger partial charge on any atom is -0.493 e. The van der Waals surface area contributed by atoms with Crippen molar-refractivity contribution in [2.75, 3.05) is 13.2 Å². The SMILES string of the molecule is CC1CCCCN1C(=O)CCOc1ccc(F)cc1. The molecular formula is C15H20FNO2. The Morgan fingerprint density at radius 1 is 1.37 bits per heavy atom. The van der Waals surface area contributed by atoms with Gasteiger partial charge in [0.25, 0.3) is 0 Å². The molecule has 19 heavy (non-hydrogen) atoms. The van der Waals surface area contributed by atoms with Crippen LogP contribution < -0.4 is 4.74 Å². The molecule has 1 aromatic carbocycles. The Morgan fingerprint density at radius 2 is 2.11 bits per heavy atom. The van der Waals surface area contributed by atoms with E-state index in [1.165, 1.54) is 18.6 Å². The fraction of sp³-hybridized carbons (Fsp3) is 0.533. The fourth-order valence-electron chi connectivity index (χ4n) is 2.40. The van der Waals surface area contributed by atoms with Gasteiger partial charge in [-0.2, -0.15) is 0 Å². The Labute approximate surface area is 113 Å². The standard InChI is InChI=1S/C15H20FNO2/c1-12-4-2-3-10-17(12)15(18)9-11-19-14-7-5-13(16)6-8-14/h5-8,12H,2-4,9-11H2,1H3. The zero-order chi connectivity index (χ0) is 13.7. The molecule has 1 atom stereocenters. The van der Waals surface area contributed by atoms with E-state index < -0.39 is 0 Å². The summed E-state index contributed by atoms with van der Waals surface area (Å²) in [4.78, 5) is 14.0. The Balaban J connectivity index is 1.75. The Hall–Kier alpha value is -1.58. The Bertz CT molecular complexity index is 419. The summed E-state index contributed by atoms with van der Waals surface area (Å²) in [7, 11) is 0. The molecule has 0 N–H and O–H groups in total. The van der Waals surface area contributed by atoms with Crippen LogP contribution in [0.3, 0.4) is 0 Å². The molecule has 1 aliphatic rings. The van der Waals surface area contributed by atoms with Crippen LogP contribution in [0.2, 0.25) is 0 Å². The highest BCUT2D eigenvalue weighted by molar-refractivity contribution is 5.76. The lowest BCUT2D eigenvalue weighted by atomic mass is 10.0. The summed E-state index contributed by atoms with van der Waals surface area (Å²) in [6.07, 6.45) is 3.76. The largest absolute Gasteiger partial charge is 0.493 e. The van der Waals surface area contributed by atoms with Crippen LogP contribution in [0.1, 0.15) is 32.6 Å². The van der Waals surface area contributed by atoms with Crippen molar-refractivity contribution in [2.45, 2.75) is 38.6 Å². The van der Waals surface area contributed by atoms with Gasteiger partial charge in [0.05, 0.1) is 13.0 Å². The average molecular weight is 265 g/mol. The molecule has 1 saturated heterocycles. The highest BCUT2D eigenvalue weighted by atomic mass is 19.1. The third-order valence-electron chi connectivity index (χ3n) is 3.52. The number of rotatable bonds is 4. The van der Waals surface area contributed by atoms with E-state index in [2.05, 4.69) is 6.92 Å². The predicted octanol–water partition coefficient (Wildman–Crippen LogP) is 3.00. The number of carbonyl (C=O) groups is 1. The van der Waals surface area contributed by atoms with E-state index in [-0.39, 0.29) is 11.7 Å². The molecule has 0 radical (unpaired) electrons. The molecule has 0 spiro atoms. The van der Waals surface area contributed by atoms with Crippen LogP contribution in [0.25, 0.3) is 0 Å². The van der Waals surface area contributed by atoms with Gasteiger partial charge in [-0.05, 0) is 50.5 Å². The van der Waals surface area contributed by atoms with Gasteiger partial charge < -0.3 is 9.64 Å². The van der Waals surface area contributed by atoms with E-state index >= 15 is 0 Å². The molecule has 1 fully saturated rings. The maximum Gasteiger partial charge on any atom is 0.226 e. The number of ether oxygens (including phenoxy) is 1. The number of hydrogen-bond acceptors (Lipinski definition) is 2. The molecule has 0 aliphatic carbocycles. The van der Waals surface area contributed by atoms with Gasteiger partial charge in [-0.15, -0.1) is 0 Å².